The Morgan fingerprint density at radius 3 is 2.64 bits per heavy atom. The highest BCUT2D eigenvalue weighted by Crippen LogP contribution is 2.02. The topological polar surface area (TPSA) is 38.3 Å². The molecule has 1 aromatic carbocycles. The Kier molecular flexibility index (Phi) is 4.13. The molecule has 14 heavy (non-hydrogen) atoms. The largest absolute Gasteiger partial charge is 0.383 e. The van der Waals surface area contributed by atoms with E-state index >= 15 is 0 Å². The molecule has 1 radical (unpaired) electrons. The van der Waals surface area contributed by atoms with Gasteiger partial charge in [0.15, 0.2) is 0 Å². The minimum Gasteiger partial charge on any atom is -0.383 e. The van der Waals surface area contributed by atoms with Gasteiger partial charge in [-0.05, 0) is 24.6 Å². The number of carbonyl (C=O) groups is 1. The van der Waals surface area contributed by atoms with Crippen LogP contribution in [0.25, 0.3) is 0 Å². The second kappa shape index (κ2) is 5.40. The number of hydrogen-bond donors (Lipinski definition) is 1. The van der Waals surface area contributed by atoms with Gasteiger partial charge >= 0.3 is 0 Å². The lowest BCUT2D eigenvalue weighted by Crippen LogP contribution is -2.26. The molecule has 0 bridgehead atoms. The van der Waals surface area contributed by atoms with Crippen molar-refractivity contribution >= 4 is 5.91 Å². The Labute approximate surface area is 84.1 Å². The standard InChI is InChI=1S/C11H14NO2/c1-9-3-5-10(6-4-9)11(13)12-7-8-14-2/h3-6H,1,7-8H2,2H3,(H,12,13). The number of rotatable bonds is 4. The van der Waals surface area contributed by atoms with E-state index in [1.165, 1.54) is 0 Å². The Morgan fingerprint density at radius 1 is 1.43 bits per heavy atom. The first-order valence-electron chi connectivity index (χ1n) is 4.43. The highest BCUT2D eigenvalue weighted by atomic mass is 16.5. The average Bonchev–Trinajstić information content (AvgIpc) is 2.19. The third-order valence-electron chi connectivity index (χ3n) is 1.81. The predicted octanol–water partition coefficient (Wildman–Crippen LogP) is 1.24. The van der Waals surface area contributed by atoms with Gasteiger partial charge in [-0.25, -0.2) is 0 Å². The first-order valence-corrected chi connectivity index (χ1v) is 4.43. The van der Waals surface area contributed by atoms with E-state index in [1.807, 2.05) is 12.1 Å². The van der Waals surface area contributed by atoms with Crippen molar-refractivity contribution in [3.05, 3.63) is 42.3 Å². The molecule has 0 spiro atoms. The molecule has 0 heterocycles. The van der Waals surface area contributed by atoms with Crippen LogP contribution in [0.4, 0.5) is 0 Å². The van der Waals surface area contributed by atoms with Gasteiger partial charge in [0.05, 0.1) is 6.61 Å². The van der Waals surface area contributed by atoms with Gasteiger partial charge in [0, 0.05) is 19.2 Å². The zero-order chi connectivity index (χ0) is 10.4. The molecule has 0 aliphatic rings. The average molecular weight is 192 g/mol. The van der Waals surface area contributed by atoms with Gasteiger partial charge in [0.2, 0.25) is 0 Å². The number of carbonyl (C=O) groups excluding carboxylic acids is 1. The summed E-state index contributed by atoms with van der Waals surface area (Å²) in [6.45, 7) is 4.80. The number of amides is 1. The molecule has 75 valence electrons. The van der Waals surface area contributed by atoms with Crippen LogP contribution in [0, 0.1) is 6.92 Å². The summed E-state index contributed by atoms with van der Waals surface area (Å²) in [5, 5.41) is 2.73. The maximum absolute atomic E-state index is 11.4. The molecule has 1 aromatic rings. The van der Waals surface area contributed by atoms with E-state index in [9.17, 15) is 4.79 Å². The van der Waals surface area contributed by atoms with Crippen molar-refractivity contribution in [2.24, 2.45) is 0 Å². The molecule has 1 amide bonds. The minimum atomic E-state index is -0.0814. The summed E-state index contributed by atoms with van der Waals surface area (Å²) < 4.78 is 4.82. The van der Waals surface area contributed by atoms with E-state index in [0.29, 0.717) is 18.7 Å². The molecule has 3 heteroatoms. The van der Waals surface area contributed by atoms with Crippen LogP contribution < -0.4 is 5.32 Å². The number of benzene rings is 1. The smallest absolute Gasteiger partial charge is 0.251 e. The van der Waals surface area contributed by atoms with Gasteiger partial charge in [-0.2, -0.15) is 0 Å². The minimum absolute atomic E-state index is 0.0814. The summed E-state index contributed by atoms with van der Waals surface area (Å²) in [6, 6.07) is 7.13. The Morgan fingerprint density at radius 2 is 2.07 bits per heavy atom. The zero-order valence-corrected chi connectivity index (χ0v) is 8.25. The first-order chi connectivity index (χ1) is 6.74. The second-order valence-electron chi connectivity index (χ2n) is 2.95. The number of hydrogen-bond acceptors (Lipinski definition) is 2. The molecular formula is C11H14NO2. The highest BCUT2D eigenvalue weighted by molar-refractivity contribution is 5.94. The van der Waals surface area contributed by atoms with Gasteiger partial charge in [-0.1, -0.05) is 12.1 Å². The Hall–Kier alpha value is -1.35. The molecule has 3 nitrogen and oxygen atoms in total. The molecule has 0 fully saturated rings. The predicted molar refractivity (Wildman–Crippen MR) is 55.1 cm³/mol. The van der Waals surface area contributed by atoms with Gasteiger partial charge in [-0.15, -0.1) is 0 Å². The molecule has 0 atom stereocenters. The number of methoxy groups -OCH3 is 1. The Balaban J connectivity index is 2.48. The van der Waals surface area contributed by atoms with Crippen LogP contribution in [0.3, 0.4) is 0 Å². The molecule has 0 unspecified atom stereocenters. The van der Waals surface area contributed by atoms with E-state index in [-0.39, 0.29) is 5.91 Å². The van der Waals surface area contributed by atoms with Gasteiger partial charge in [-0.3, -0.25) is 4.79 Å². The summed E-state index contributed by atoms with van der Waals surface area (Å²) in [6.07, 6.45) is 0. The van der Waals surface area contributed by atoms with Crippen LogP contribution >= 0.6 is 0 Å². The fourth-order valence-electron chi connectivity index (χ4n) is 1.02. The summed E-state index contributed by atoms with van der Waals surface area (Å²) in [4.78, 5) is 11.4. The van der Waals surface area contributed by atoms with Crippen molar-refractivity contribution in [2.75, 3.05) is 20.3 Å². The monoisotopic (exact) mass is 192 g/mol. The lowest BCUT2D eigenvalue weighted by molar-refractivity contribution is 0.0937. The molecule has 0 saturated carbocycles. The fraction of sp³-hybridized carbons (Fsp3) is 0.273. The molecule has 0 aromatic heterocycles. The summed E-state index contributed by atoms with van der Waals surface area (Å²) >= 11 is 0. The van der Waals surface area contributed by atoms with Crippen LogP contribution in [0.1, 0.15) is 15.9 Å². The molecule has 0 saturated heterocycles. The first kappa shape index (κ1) is 10.7. The number of ether oxygens (including phenoxy) is 1. The van der Waals surface area contributed by atoms with Crippen molar-refractivity contribution in [3.8, 4) is 0 Å². The molecular weight excluding hydrogens is 178 g/mol. The van der Waals surface area contributed by atoms with Crippen LogP contribution in [0.5, 0.6) is 0 Å². The number of nitrogens with one attached hydrogen (secondary N) is 1. The molecule has 1 N–H and O–H groups in total. The van der Waals surface area contributed by atoms with Crippen molar-refractivity contribution < 1.29 is 9.53 Å². The van der Waals surface area contributed by atoms with E-state index < -0.39 is 0 Å². The fourth-order valence-corrected chi connectivity index (χ4v) is 1.02. The molecule has 1 rings (SSSR count). The third-order valence-corrected chi connectivity index (χ3v) is 1.81. The van der Waals surface area contributed by atoms with Gasteiger partial charge in [0.25, 0.3) is 5.91 Å². The van der Waals surface area contributed by atoms with E-state index in [4.69, 9.17) is 4.74 Å². The van der Waals surface area contributed by atoms with Crippen molar-refractivity contribution in [3.63, 3.8) is 0 Å². The van der Waals surface area contributed by atoms with Crippen molar-refractivity contribution in [1.29, 1.82) is 0 Å². The Bertz CT molecular complexity index is 293. The van der Waals surface area contributed by atoms with Crippen LogP contribution in [0.2, 0.25) is 0 Å². The summed E-state index contributed by atoms with van der Waals surface area (Å²) in [5.41, 5.74) is 1.55. The van der Waals surface area contributed by atoms with E-state index in [2.05, 4.69) is 12.2 Å². The van der Waals surface area contributed by atoms with Crippen molar-refractivity contribution in [2.45, 2.75) is 0 Å². The molecule has 0 aliphatic carbocycles. The summed E-state index contributed by atoms with van der Waals surface area (Å²) in [7, 11) is 1.60. The van der Waals surface area contributed by atoms with Crippen LogP contribution in [0.15, 0.2) is 24.3 Å². The van der Waals surface area contributed by atoms with E-state index in [1.54, 1.807) is 19.2 Å². The lowest BCUT2D eigenvalue weighted by atomic mass is 10.1. The third kappa shape index (κ3) is 3.18. The second-order valence-corrected chi connectivity index (χ2v) is 2.95. The van der Waals surface area contributed by atoms with E-state index in [0.717, 1.165) is 5.56 Å². The van der Waals surface area contributed by atoms with Gasteiger partial charge in [0.1, 0.15) is 0 Å². The van der Waals surface area contributed by atoms with Crippen LogP contribution in [-0.4, -0.2) is 26.2 Å². The maximum Gasteiger partial charge on any atom is 0.251 e. The quantitative estimate of drug-likeness (QED) is 0.729. The normalized spacial score (nSPS) is 9.86. The summed E-state index contributed by atoms with van der Waals surface area (Å²) in [5.74, 6) is -0.0814. The van der Waals surface area contributed by atoms with Gasteiger partial charge < -0.3 is 10.1 Å². The lowest BCUT2D eigenvalue weighted by Gasteiger charge is -2.04. The highest BCUT2D eigenvalue weighted by Gasteiger charge is 2.02. The molecule has 0 aliphatic heterocycles. The SMILES string of the molecule is [CH2]c1ccc(C(=O)NCCOC)cc1. The zero-order valence-electron chi connectivity index (χ0n) is 8.25. The maximum atomic E-state index is 11.4. The van der Waals surface area contributed by atoms with Crippen LogP contribution in [-0.2, 0) is 4.74 Å². The van der Waals surface area contributed by atoms with Crippen molar-refractivity contribution in [1.82, 2.24) is 5.32 Å².